The molecule has 0 rings (SSSR count). The number of carboxylic acid groups (broad SMARTS) is 1. The standard InChI is InChI=1S/C18H36O2.CH4N2O.ClH.2Zn/c1-2-3-4-5-6-7-8-9-10-11-12-13-14-15-16-17-18(19)20;2-1(3)4;;;/h2-17H2,1H3,(H,19,20);(H4,2,3,4);1H;;. The monoisotopic (exact) mass is 508 g/mol. The molecule has 0 saturated heterocycles. The minimum absolute atomic E-state index is 0. The summed E-state index contributed by atoms with van der Waals surface area (Å²) >= 11 is 0. The van der Waals surface area contributed by atoms with Crippen LogP contribution in [0.2, 0.25) is 0 Å². The van der Waals surface area contributed by atoms with E-state index in [1.165, 1.54) is 83.5 Å². The Morgan fingerprint density at radius 2 is 0.852 bits per heavy atom. The molecule has 0 saturated carbocycles. The molecule has 156 valence electrons. The normalized spacial score (nSPS) is 8.93. The summed E-state index contributed by atoms with van der Waals surface area (Å²) in [6.45, 7) is 2.27. The molecule has 2 amide bonds. The van der Waals surface area contributed by atoms with Crippen LogP contribution in [-0.2, 0) is 43.8 Å². The predicted molar refractivity (Wildman–Crippen MR) is 108 cm³/mol. The van der Waals surface area contributed by atoms with E-state index in [0.29, 0.717) is 6.42 Å². The minimum atomic E-state index is -0.833. The molecule has 0 heterocycles. The van der Waals surface area contributed by atoms with E-state index in [1.54, 1.807) is 0 Å². The maximum Gasteiger partial charge on any atom is 0.309 e. The summed E-state index contributed by atoms with van der Waals surface area (Å²) in [6, 6.07) is -0.833. The predicted octanol–water partition coefficient (Wildman–Crippen LogP) is 5.77. The fourth-order valence-electron chi connectivity index (χ4n) is 2.65. The van der Waals surface area contributed by atoms with Gasteiger partial charge in [0.05, 0.1) is 0 Å². The van der Waals surface area contributed by atoms with E-state index in [1.807, 2.05) is 0 Å². The number of amides is 2. The number of carbonyl (C=O) groups excluding carboxylic acids is 1. The Morgan fingerprint density at radius 1 is 0.630 bits per heavy atom. The van der Waals surface area contributed by atoms with Crippen molar-refractivity contribution in [1.82, 2.24) is 0 Å². The molecule has 0 unspecified atom stereocenters. The first-order valence-corrected chi connectivity index (χ1v) is 9.77. The maximum absolute atomic E-state index is 10.3. The van der Waals surface area contributed by atoms with Crippen molar-refractivity contribution >= 4 is 24.4 Å². The number of nitrogens with two attached hydrogens (primary N) is 2. The van der Waals surface area contributed by atoms with E-state index in [0.717, 1.165) is 12.8 Å². The second kappa shape index (κ2) is 33.8. The fraction of sp³-hybridized carbons (Fsp3) is 0.895. The summed E-state index contributed by atoms with van der Waals surface area (Å²) in [6.07, 6.45) is 20.2. The van der Waals surface area contributed by atoms with E-state index >= 15 is 0 Å². The third-order valence-corrected chi connectivity index (χ3v) is 3.99. The van der Waals surface area contributed by atoms with Crippen molar-refractivity contribution in [1.29, 1.82) is 0 Å². The Morgan fingerprint density at radius 3 is 1.07 bits per heavy atom. The number of unbranched alkanes of at least 4 members (excludes halogenated alkanes) is 14. The van der Waals surface area contributed by atoms with Gasteiger partial charge in [0, 0.05) is 45.4 Å². The Hall–Kier alpha value is 0.277. The molecule has 0 spiro atoms. The largest absolute Gasteiger partial charge is 0.481 e. The SMILES string of the molecule is CCCCCCCCCCCCCCCCCC(=O)O.Cl.NC(N)=O.[Zn].[Zn]. The molecule has 5 nitrogen and oxygen atoms in total. The summed E-state index contributed by atoms with van der Waals surface area (Å²) in [5.74, 6) is -0.653. The van der Waals surface area contributed by atoms with Gasteiger partial charge in [0.1, 0.15) is 0 Å². The average Bonchev–Trinajstić information content (AvgIpc) is 2.50. The maximum atomic E-state index is 10.3. The molecule has 0 aliphatic rings. The Labute approximate surface area is 198 Å². The van der Waals surface area contributed by atoms with Gasteiger partial charge in [0.25, 0.3) is 0 Å². The number of hydrogen-bond donors (Lipinski definition) is 3. The van der Waals surface area contributed by atoms with Crippen LogP contribution in [0.4, 0.5) is 4.79 Å². The summed E-state index contributed by atoms with van der Waals surface area (Å²) in [4.78, 5) is 19.3. The molecule has 0 atom stereocenters. The Balaban J connectivity index is -0.000000209. The summed E-state index contributed by atoms with van der Waals surface area (Å²) < 4.78 is 0. The van der Waals surface area contributed by atoms with Crippen LogP contribution in [0.25, 0.3) is 0 Å². The van der Waals surface area contributed by atoms with Crippen LogP contribution >= 0.6 is 12.4 Å². The van der Waals surface area contributed by atoms with Gasteiger partial charge in [-0.25, -0.2) is 4.79 Å². The van der Waals surface area contributed by atoms with Crippen molar-refractivity contribution in [3.05, 3.63) is 0 Å². The van der Waals surface area contributed by atoms with Crippen LogP contribution in [0.5, 0.6) is 0 Å². The summed E-state index contributed by atoms with van der Waals surface area (Å²) in [5, 5.41) is 8.52. The van der Waals surface area contributed by atoms with Gasteiger partial charge in [0.2, 0.25) is 0 Å². The number of hydrogen-bond acceptors (Lipinski definition) is 2. The molecular weight excluding hydrogens is 470 g/mol. The van der Waals surface area contributed by atoms with Crippen LogP contribution in [0, 0.1) is 0 Å². The van der Waals surface area contributed by atoms with Crippen LogP contribution in [0.3, 0.4) is 0 Å². The van der Waals surface area contributed by atoms with Gasteiger partial charge in [-0.05, 0) is 6.42 Å². The second-order valence-electron chi connectivity index (χ2n) is 6.50. The van der Waals surface area contributed by atoms with Gasteiger partial charge in [-0.3, -0.25) is 4.79 Å². The Kier molecular flexibility index (Phi) is 47.6. The molecule has 5 N–H and O–H groups in total. The van der Waals surface area contributed by atoms with E-state index in [4.69, 9.17) is 9.90 Å². The van der Waals surface area contributed by atoms with Crippen molar-refractivity contribution in [2.45, 2.75) is 110 Å². The van der Waals surface area contributed by atoms with Gasteiger partial charge < -0.3 is 16.6 Å². The summed E-state index contributed by atoms with van der Waals surface area (Å²) in [5.41, 5.74) is 8.50. The van der Waals surface area contributed by atoms with Crippen molar-refractivity contribution in [3.8, 4) is 0 Å². The van der Waals surface area contributed by atoms with E-state index in [-0.39, 0.29) is 51.4 Å². The van der Waals surface area contributed by atoms with Crippen molar-refractivity contribution in [2.24, 2.45) is 11.5 Å². The smallest absolute Gasteiger partial charge is 0.309 e. The van der Waals surface area contributed by atoms with Gasteiger partial charge in [-0.1, -0.05) is 96.8 Å². The number of halogens is 1. The van der Waals surface area contributed by atoms with Gasteiger partial charge in [-0.2, -0.15) is 0 Å². The van der Waals surface area contributed by atoms with Crippen LogP contribution < -0.4 is 11.5 Å². The van der Waals surface area contributed by atoms with Crippen LogP contribution in [-0.4, -0.2) is 17.1 Å². The number of rotatable bonds is 16. The van der Waals surface area contributed by atoms with E-state index < -0.39 is 12.0 Å². The molecule has 0 aromatic carbocycles. The van der Waals surface area contributed by atoms with Crippen molar-refractivity contribution in [3.63, 3.8) is 0 Å². The Bertz CT molecular complexity index is 296. The molecule has 27 heavy (non-hydrogen) atoms. The van der Waals surface area contributed by atoms with Crippen molar-refractivity contribution < 1.29 is 53.7 Å². The molecule has 0 aromatic rings. The molecule has 0 bridgehead atoms. The number of aliphatic carboxylic acids is 1. The minimum Gasteiger partial charge on any atom is -0.481 e. The molecule has 0 aliphatic heterocycles. The third kappa shape index (κ3) is 51.9. The van der Waals surface area contributed by atoms with Gasteiger partial charge in [-0.15, -0.1) is 12.4 Å². The number of urea groups is 1. The molecule has 8 heteroatoms. The van der Waals surface area contributed by atoms with Gasteiger partial charge in [0.15, 0.2) is 0 Å². The molecule has 0 aromatic heterocycles. The molecular formula is C19H41ClN2O3Zn2. The number of carboxylic acids is 1. The quantitative estimate of drug-likeness (QED) is 0.181. The topological polar surface area (TPSA) is 106 Å². The second-order valence-corrected chi connectivity index (χ2v) is 6.50. The third-order valence-electron chi connectivity index (χ3n) is 3.99. The molecule has 0 radical (unpaired) electrons. The zero-order chi connectivity index (χ0) is 18.5. The fourth-order valence-corrected chi connectivity index (χ4v) is 2.65. The first-order chi connectivity index (χ1) is 11.5. The first-order valence-electron chi connectivity index (χ1n) is 9.77. The van der Waals surface area contributed by atoms with Crippen LogP contribution in [0.15, 0.2) is 0 Å². The molecule has 0 aliphatic carbocycles. The van der Waals surface area contributed by atoms with E-state index in [9.17, 15) is 4.79 Å². The van der Waals surface area contributed by atoms with Gasteiger partial charge >= 0.3 is 12.0 Å². The molecule has 0 fully saturated rings. The number of carbonyl (C=O) groups is 2. The number of primary amides is 2. The van der Waals surface area contributed by atoms with Crippen molar-refractivity contribution in [2.75, 3.05) is 0 Å². The van der Waals surface area contributed by atoms with E-state index in [2.05, 4.69) is 18.4 Å². The zero-order valence-electron chi connectivity index (χ0n) is 17.6. The first kappa shape index (κ1) is 38.0. The van der Waals surface area contributed by atoms with Crippen LogP contribution in [0.1, 0.15) is 110 Å². The summed E-state index contributed by atoms with van der Waals surface area (Å²) in [7, 11) is 0. The zero-order valence-corrected chi connectivity index (χ0v) is 24.3. The average molecular weight is 512 g/mol.